The number of hydrogen-bond acceptors (Lipinski definition) is 2. The fourth-order valence-corrected chi connectivity index (χ4v) is 1.45. The Labute approximate surface area is 95.5 Å². The molecule has 1 heterocycles. The topological polar surface area (TPSA) is 30.2 Å². The maximum atomic E-state index is 4.40. The largest absolute Gasteiger partial charge is 0.333 e. The molecule has 2 rings (SSSR count). The summed E-state index contributed by atoms with van der Waals surface area (Å²) in [7, 11) is 1.95. The van der Waals surface area contributed by atoms with Crippen molar-refractivity contribution in [2.45, 2.75) is 13.3 Å². The zero-order valence-electron chi connectivity index (χ0n) is 9.59. The molecule has 0 N–H and O–H groups in total. The standard InChI is InChI=1S/C13H15N3/c1-3-11-4-6-12(7-5-11)15-9-13-8-14-10-16(13)2/h4-10H,3H2,1-2H3. The highest BCUT2D eigenvalue weighted by molar-refractivity contribution is 5.79. The lowest BCUT2D eigenvalue weighted by atomic mass is 10.1. The van der Waals surface area contributed by atoms with Crippen LogP contribution in [-0.2, 0) is 13.5 Å². The summed E-state index contributed by atoms with van der Waals surface area (Å²) in [6, 6.07) is 8.28. The number of nitrogens with zero attached hydrogens (tertiary/aromatic N) is 3. The van der Waals surface area contributed by atoms with Crippen LogP contribution in [0.2, 0.25) is 0 Å². The average Bonchev–Trinajstić information content (AvgIpc) is 2.73. The van der Waals surface area contributed by atoms with Crippen LogP contribution in [0.1, 0.15) is 18.2 Å². The smallest absolute Gasteiger partial charge is 0.0948 e. The summed E-state index contributed by atoms with van der Waals surface area (Å²) in [6.45, 7) is 2.15. The van der Waals surface area contributed by atoms with Crippen molar-refractivity contribution in [1.29, 1.82) is 0 Å². The molecule has 3 nitrogen and oxygen atoms in total. The number of aliphatic imine (C=N–C) groups is 1. The molecule has 0 atom stereocenters. The van der Waals surface area contributed by atoms with Crippen LogP contribution in [0.15, 0.2) is 41.8 Å². The van der Waals surface area contributed by atoms with Gasteiger partial charge in [0.25, 0.3) is 0 Å². The van der Waals surface area contributed by atoms with Gasteiger partial charge in [-0.15, -0.1) is 0 Å². The van der Waals surface area contributed by atoms with E-state index in [9.17, 15) is 0 Å². The van der Waals surface area contributed by atoms with E-state index in [1.165, 1.54) is 5.56 Å². The molecule has 0 spiro atoms. The number of aromatic nitrogens is 2. The maximum absolute atomic E-state index is 4.40. The van der Waals surface area contributed by atoms with Crippen molar-refractivity contribution < 1.29 is 0 Å². The van der Waals surface area contributed by atoms with E-state index in [0.717, 1.165) is 17.8 Å². The molecule has 16 heavy (non-hydrogen) atoms. The van der Waals surface area contributed by atoms with E-state index in [0.29, 0.717) is 0 Å². The van der Waals surface area contributed by atoms with Gasteiger partial charge in [0.15, 0.2) is 0 Å². The number of benzene rings is 1. The minimum Gasteiger partial charge on any atom is -0.333 e. The lowest BCUT2D eigenvalue weighted by Gasteiger charge is -1.97. The van der Waals surface area contributed by atoms with Crippen LogP contribution in [0.3, 0.4) is 0 Å². The van der Waals surface area contributed by atoms with E-state index in [-0.39, 0.29) is 0 Å². The molecule has 3 heteroatoms. The highest BCUT2D eigenvalue weighted by atomic mass is 15.0. The second-order valence-electron chi connectivity index (χ2n) is 3.71. The van der Waals surface area contributed by atoms with Gasteiger partial charge in [0.2, 0.25) is 0 Å². The van der Waals surface area contributed by atoms with Gasteiger partial charge in [0.05, 0.1) is 30.1 Å². The fraction of sp³-hybridized carbons (Fsp3) is 0.231. The Balaban J connectivity index is 2.14. The van der Waals surface area contributed by atoms with E-state index >= 15 is 0 Å². The van der Waals surface area contributed by atoms with Gasteiger partial charge in [0.1, 0.15) is 0 Å². The summed E-state index contributed by atoms with van der Waals surface area (Å²) in [4.78, 5) is 8.43. The van der Waals surface area contributed by atoms with Crippen LogP contribution in [0, 0.1) is 0 Å². The maximum Gasteiger partial charge on any atom is 0.0948 e. The van der Waals surface area contributed by atoms with Crippen molar-refractivity contribution >= 4 is 11.9 Å². The van der Waals surface area contributed by atoms with Gasteiger partial charge in [-0.25, -0.2) is 4.98 Å². The normalized spacial score (nSPS) is 11.1. The van der Waals surface area contributed by atoms with Gasteiger partial charge >= 0.3 is 0 Å². The molecule has 2 aromatic rings. The Morgan fingerprint density at radius 3 is 2.62 bits per heavy atom. The summed E-state index contributed by atoms with van der Waals surface area (Å²) >= 11 is 0. The first-order valence-electron chi connectivity index (χ1n) is 5.39. The summed E-state index contributed by atoms with van der Waals surface area (Å²) < 4.78 is 1.93. The van der Waals surface area contributed by atoms with Gasteiger partial charge in [-0.3, -0.25) is 4.99 Å². The highest BCUT2D eigenvalue weighted by Gasteiger charge is 1.93. The Kier molecular flexibility index (Phi) is 3.15. The van der Waals surface area contributed by atoms with Gasteiger partial charge < -0.3 is 4.57 Å². The number of imidazole rings is 1. The zero-order valence-corrected chi connectivity index (χ0v) is 9.59. The molecule has 0 saturated heterocycles. The molecule has 0 aliphatic carbocycles. The fourth-order valence-electron chi connectivity index (χ4n) is 1.45. The second kappa shape index (κ2) is 4.75. The quantitative estimate of drug-likeness (QED) is 0.721. The molecule has 0 bridgehead atoms. The van der Waals surface area contributed by atoms with Crippen molar-refractivity contribution in [1.82, 2.24) is 9.55 Å². The summed E-state index contributed by atoms with van der Waals surface area (Å²) in [6.07, 6.45) is 6.45. The highest BCUT2D eigenvalue weighted by Crippen LogP contribution is 2.13. The summed E-state index contributed by atoms with van der Waals surface area (Å²) in [5, 5.41) is 0. The monoisotopic (exact) mass is 213 g/mol. The Morgan fingerprint density at radius 1 is 1.31 bits per heavy atom. The van der Waals surface area contributed by atoms with Crippen LogP contribution < -0.4 is 0 Å². The van der Waals surface area contributed by atoms with E-state index < -0.39 is 0 Å². The Hall–Kier alpha value is -1.90. The minimum absolute atomic E-state index is 0.971. The predicted molar refractivity (Wildman–Crippen MR) is 66.3 cm³/mol. The second-order valence-corrected chi connectivity index (χ2v) is 3.71. The molecule has 0 unspecified atom stereocenters. The summed E-state index contributed by atoms with van der Waals surface area (Å²) in [5.41, 5.74) is 3.30. The van der Waals surface area contributed by atoms with E-state index in [2.05, 4.69) is 29.0 Å². The third kappa shape index (κ3) is 2.37. The molecule has 0 fully saturated rings. The third-order valence-electron chi connectivity index (χ3n) is 2.54. The van der Waals surface area contributed by atoms with Crippen LogP contribution in [0.25, 0.3) is 0 Å². The van der Waals surface area contributed by atoms with Crippen LogP contribution in [0.4, 0.5) is 5.69 Å². The van der Waals surface area contributed by atoms with Gasteiger partial charge in [0, 0.05) is 7.05 Å². The molecule has 1 aromatic heterocycles. The van der Waals surface area contributed by atoms with Gasteiger partial charge in [-0.2, -0.15) is 0 Å². The van der Waals surface area contributed by atoms with Crippen LogP contribution in [-0.4, -0.2) is 15.8 Å². The molecule has 0 aliphatic rings. The van der Waals surface area contributed by atoms with E-state index in [1.807, 2.05) is 30.0 Å². The van der Waals surface area contributed by atoms with Gasteiger partial charge in [-0.1, -0.05) is 19.1 Å². The van der Waals surface area contributed by atoms with Crippen LogP contribution >= 0.6 is 0 Å². The van der Waals surface area contributed by atoms with Crippen molar-refractivity contribution in [2.24, 2.45) is 12.0 Å². The molecule has 0 aliphatic heterocycles. The van der Waals surface area contributed by atoms with E-state index in [4.69, 9.17) is 0 Å². The van der Waals surface area contributed by atoms with Crippen molar-refractivity contribution in [3.05, 3.63) is 48.0 Å². The Morgan fingerprint density at radius 2 is 2.06 bits per heavy atom. The van der Waals surface area contributed by atoms with Crippen molar-refractivity contribution in [3.63, 3.8) is 0 Å². The molecular formula is C13H15N3. The Bertz CT molecular complexity index is 480. The minimum atomic E-state index is 0.971. The predicted octanol–water partition coefficient (Wildman–Crippen LogP) is 2.73. The molecule has 0 radical (unpaired) electrons. The van der Waals surface area contributed by atoms with Gasteiger partial charge in [-0.05, 0) is 24.1 Å². The molecular weight excluding hydrogens is 198 g/mol. The summed E-state index contributed by atoms with van der Waals surface area (Å²) in [5.74, 6) is 0. The first-order valence-corrected chi connectivity index (χ1v) is 5.39. The first-order chi connectivity index (χ1) is 7.79. The molecule has 1 aromatic carbocycles. The zero-order chi connectivity index (χ0) is 11.4. The third-order valence-corrected chi connectivity index (χ3v) is 2.54. The van der Waals surface area contributed by atoms with Crippen molar-refractivity contribution in [3.8, 4) is 0 Å². The SMILES string of the molecule is CCc1ccc(N=Cc2cncn2C)cc1. The number of aryl methyl sites for hydroxylation is 2. The average molecular weight is 213 g/mol. The van der Waals surface area contributed by atoms with E-state index in [1.54, 1.807) is 12.5 Å². The molecule has 0 amide bonds. The molecule has 0 saturated carbocycles. The van der Waals surface area contributed by atoms with Crippen LogP contribution in [0.5, 0.6) is 0 Å². The first kappa shape index (κ1) is 10.6. The number of rotatable bonds is 3. The lowest BCUT2D eigenvalue weighted by molar-refractivity contribution is 0.905. The number of hydrogen-bond donors (Lipinski definition) is 0. The van der Waals surface area contributed by atoms with Crippen molar-refractivity contribution in [2.75, 3.05) is 0 Å². The lowest BCUT2D eigenvalue weighted by Crippen LogP contribution is -1.91. The molecule has 82 valence electrons.